The quantitative estimate of drug-likeness (QED) is 0.929. The number of hydrogen-bond donors (Lipinski definition) is 1. The minimum absolute atomic E-state index is 0.179. The number of fused-ring (bicyclic) bond motifs is 1. The van der Waals surface area contributed by atoms with Crippen molar-refractivity contribution in [1.82, 2.24) is 4.90 Å². The van der Waals surface area contributed by atoms with E-state index >= 15 is 0 Å². The van der Waals surface area contributed by atoms with Crippen LogP contribution < -0.4 is 15.2 Å². The standard InChI is InChI=1S/C13H19BrN2O2/c1-16(2)11(8-15)9-6-10(14)13-12(7-9)17-4-3-5-18-13/h6-7,11H,3-5,8,15H2,1-2H3. The third kappa shape index (κ3) is 2.79. The van der Waals surface area contributed by atoms with E-state index in [1.165, 1.54) is 0 Å². The highest BCUT2D eigenvalue weighted by molar-refractivity contribution is 9.10. The van der Waals surface area contributed by atoms with Gasteiger partial charge in [-0.25, -0.2) is 0 Å². The molecule has 4 nitrogen and oxygen atoms in total. The molecule has 2 N–H and O–H groups in total. The van der Waals surface area contributed by atoms with Gasteiger partial charge in [-0.15, -0.1) is 0 Å². The van der Waals surface area contributed by atoms with Gasteiger partial charge < -0.3 is 20.1 Å². The molecule has 1 aromatic carbocycles. The number of likely N-dealkylation sites (N-methyl/N-ethyl adjacent to an activating group) is 1. The summed E-state index contributed by atoms with van der Waals surface area (Å²) in [7, 11) is 4.04. The average Bonchev–Trinajstić information content (AvgIpc) is 2.55. The van der Waals surface area contributed by atoms with E-state index in [-0.39, 0.29) is 6.04 Å². The Hall–Kier alpha value is -0.780. The van der Waals surface area contributed by atoms with E-state index in [0.717, 1.165) is 28.0 Å². The van der Waals surface area contributed by atoms with Gasteiger partial charge in [-0.3, -0.25) is 0 Å². The first kappa shape index (κ1) is 13.6. The summed E-state index contributed by atoms with van der Waals surface area (Å²) >= 11 is 3.55. The summed E-state index contributed by atoms with van der Waals surface area (Å²) in [5, 5.41) is 0. The molecule has 1 heterocycles. The summed E-state index contributed by atoms with van der Waals surface area (Å²) < 4.78 is 12.3. The number of halogens is 1. The Morgan fingerprint density at radius 3 is 2.72 bits per heavy atom. The van der Waals surface area contributed by atoms with Gasteiger partial charge in [0.2, 0.25) is 0 Å². The second-order valence-electron chi connectivity index (χ2n) is 4.60. The number of ether oxygens (including phenoxy) is 2. The summed E-state index contributed by atoms with van der Waals surface area (Å²) in [5.74, 6) is 1.60. The van der Waals surface area contributed by atoms with Gasteiger partial charge in [0.05, 0.1) is 17.7 Å². The molecule has 2 rings (SSSR count). The lowest BCUT2D eigenvalue weighted by atomic mass is 10.1. The maximum absolute atomic E-state index is 5.83. The molecule has 1 aliphatic rings. The van der Waals surface area contributed by atoms with Crippen LogP contribution in [0, 0.1) is 0 Å². The molecule has 0 fully saturated rings. The van der Waals surface area contributed by atoms with Gasteiger partial charge in [-0.05, 0) is 47.7 Å². The zero-order chi connectivity index (χ0) is 13.1. The number of nitrogens with two attached hydrogens (primary N) is 1. The molecule has 0 bridgehead atoms. The fourth-order valence-electron chi connectivity index (χ4n) is 2.09. The third-order valence-corrected chi connectivity index (χ3v) is 3.64. The second-order valence-corrected chi connectivity index (χ2v) is 5.45. The van der Waals surface area contributed by atoms with Crippen LogP contribution in [0.15, 0.2) is 16.6 Å². The highest BCUT2D eigenvalue weighted by atomic mass is 79.9. The van der Waals surface area contributed by atoms with E-state index in [9.17, 15) is 0 Å². The van der Waals surface area contributed by atoms with E-state index in [2.05, 4.69) is 26.9 Å². The molecule has 1 aliphatic heterocycles. The summed E-state index contributed by atoms with van der Waals surface area (Å²) in [6, 6.07) is 4.27. The minimum Gasteiger partial charge on any atom is -0.490 e. The molecule has 18 heavy (non-hydrogen) atoms. The van der Waals surface area contributed by atoms with Crippen molar-refractivity contribution in [2.24, 2.45) is 5.73 Å². The summed E-state index contributed by atoms with van der Waals surface area (Å²) in [4.78, 5) is 2.10. The van der Waals surface area contributed by atoms with Crippen LogP contribution in [0.5, 0.6) is 11.5 Å². The van der Waals surface area contributed by atoms with Crippen LogP contribution in [0.2, 0.25) is 0 Å². The van der Waals surface area contributed by atoms with Gasteiger partial charge in [0.25, 0.3) is 0 Å². The van der Waals surface area contributed by atoms with Crippen molar-refractivity contribution in [3.05, 3.63) is 22.2 Å². The number of nitrogens with zero attached hydrogens (tertiary/aromatic N) is 1. The number of benzene rings is 1. The lowest BCUT2D eigenvalue weighted by molar-refractivity contribution is 0.295. The molecular formula is C13H19BrN2O2. The van der Waals surface area contributed by atoms with Gasteiger partial charge in [-0.1, -0.05) is 0 Å². The maximum atomic E-state index is 5.83. The summed E-state index contributed by atoms with van der Waals surface area (Å²) in [6.07, 6.45) is 0.907. The molecule has 0 saturated carbocycles. The van der Waals surface area contributed by atoms with Gasteiger partial charge in [0.15, 0.2) is 11.5 Å². The van der Waals surface area contributed by atoms with Crippen LogP contribution in [-0.2, 0) is 0 Å². The lowest BCUT2D eigenvalue weighted by Crippen LogP contribution is -2.27. The molecule has 100 valence electrons. The monoisotopic (exact) mass is 314 g/mol. The van der Waals surface area contributed by atoms with E-state index in [0.29, 0.717) is 19.8 Å². The van der Waals surface area contributed by atoms with E-state index in [1.54, 1.807) is 0 Å². The predicted octanol–water partition coefficient (Wildman–Crippen LogP) is 2.17. The molecule has 5 heteroatoms. The van der Waals surface area contributed by atoms with Crippen LogP contribution >= 0.6 is 15.9 Å². The highest BCUT2D eigenvalue weighted by Crippen LogP contribution is 2.39. The van der Waals surface area contributed by atoms with Gasteiger partial charge in [0.1, 0.15) is 0 Å². The normalized spacial score (nSPS) is 16.5. The van der Waals surface area contributed by atoms with Gasteiger partial charge >= 0.3 is 0 Å². The highest BCUT2D eigenvalue weighted by Gasteiger charge is 2.19. The molecule has 0 radical (unpaired) electrons. The van der Waals surface area contributed by atoms with Gasteiger partial charge in [-0.2, -0.15) is 0 Å². The molecule has 0 spiro atoms. The van der Waals surface area contributed by atoms with Crippen LogP contribution in [0.1, 0.15) is 18.0 Å². The predicted molar refractivity (Wildman–Crippen MR) is 75.2 cm³/mol. The first-order chi connectivity index (χ1) is 8.63. The fourth-order valence-corrected chi connectivity index (χ4v) is 2.66. The largest absolute Gasteiger partial charge is 0.490 e. The van der Waals surface area contributed by atoms with Gasteiger partial charge in [0, 0.05) is 19.0 Å². The van der Waals surface area contributed by atoms with E-state index < -0.39 is 0 Å². The molecule has 0 aliphatic carbocycles. The molecule has 1 unspecified atom stereocenters. The molecule has 0 amide bonds. The molecule has 0 aromatic heterocycles. The van der Waals surface area contributed by atoms with Crippen molar-refractivity contribution < 1.29 is 9.47 Å². The SMILES string of the molecule is CN(C)C(CN)c1cc(Br)c2c(c1)OCCCO2. The first-order valence-corrected chi connectivity index (χ1v) is 6.88. The molecule has 0 saturated heterocycles. The van der Waals surface area contributed by atoms with Crippen molar-refractivity contribution in [2.75, 3.05) is 33.9 Å². The van der Waals surface area contributed by atoms with Crippen LogP contribution in [0.3, 0.4) is 0 Å². The van der Waals surface area contributed by atoms with Crippen molar-refractivity contribution >= 4 is 15.9 Å². The van der Waals surface area contributed by atoms with Crippen molar-refractivity contribution in [3.63, 3.8) is 0 Å². The molecule has 1 aromatic rings. The summed E-state index contributed by atoms with van der Waals surface area (Å²) in [5.41, 5.74) is 6.97. The Morgan fingerprint density at radius 2 is 2.06 bits per heavy atom. The van der Waals surface area contributed by atoms with Crippen LogP contribution in [0.25, 0.3) is 0 Å². The Bertz CT molecular complexity index is 424. The zero-order valence-corrected chi connectivity index (χ0v) is 12.4. The van der Waals surface area contributed by atoms with E-state index in [4.69, 9.17) is 15.2 Å². The fraction of sp³-hybridized carbons (Fsp3) is 0.538. The van der Waals surface area contributed by atoms with Crippen LogP contribution in [0.4, 0.5) is 0 Å². The van der Waals surface area contributed by atoms with Crippen molar-refractivity contribution in [1.29, 1.82) is 0 Å². The Labute approximate surface area is 116 Å². The maximum Gasteiger partial charge on any atom is 0.175 e. The zero-order valence-electron chi connectivity index (χ0n) is 10.8. The topological polar surface area (TPSA) is 47.7 Å². The lowest BCUT2D eigenvalue weighted by Gasteiger charge is -2.24. The van der Waals surface area contributed by atoms with Crippen molar-refractivity contribution in [2.45, 2.75) is 12.5 Å². The molecular weight excluding hydrogens is 296 g/mol. The Morgan fingerprint density at radius 1 is 1.33 bits per heavy atom. The number of hydrogen-bond acceptors (Lipinski definition) is 4. The average molecular weight is 315 g/mol. The summed E-state index contributed by atoms with van der Waals surface area (Å²) in [6.45, 7) is 1.95. The second kappa shape index (κ2) is 5.91. The Kier molecular flexibility index (Phi) is 4.48. The van der Waals surface area contributed by atoms with Crippen LogP contribution in [-0.4, -0.2) is 38.8 Å². The van der Waals surface area contributed by atoms with Crippen molar-refractivity contribution in [3.8, 4) is 11.5 Å². The number of rotatable bonds is 3. The Balaban J connectivity index is 2.39. The van der Waals surface area contributed by atoms with E-state index in [1.807, 2.05) is 20.2 Å². The third-order valence-electron chi connectivity index (χ3n) is 3.06. The molecule has 1 atom stereocenters. The first-order valence-electron chi connectivity index (χ1n) is 6.09. The smallest absolute Gasteiger partial charge is 0.175 e. The minimum atomic E-state index is 0.179.